The van der Waals surface area contributed by atoms with E-state index in [2.05, 4.69) is 17.2 Å². The Hall–Kier alpha value is -2.19. The lowest BCUT2D eigenvalue weighted by Crippen LogP contribution is -2.05. The monoisotopic (exact) mass is 232 g/mol. The predicted molar refractivity (Wildman–Crippen MR) is 63.9 cm³/mol. The molecule has 0 fully saturated rings. The van der Waals surface area contributed by atoms with E-state index in [1.54, 1.807) is 0 Å². The van der Waals surface area contributed by atoms with Crippen LogP contribution in [-0.4, -0.2) is 24.8 Å². The second kappa shape index (κ2) is 6.40. The Morgan fingerprint density at radius 2 is 2.29 bits per heavy atom. The molecule has 0 aliphatic rings. The van der Waals surface area contributed by atoms with Crippen LogP contribution in [0.1, 0.15) is 22.3 Å². The zero-order valence-electron chi connectivity index (χ0n) is 9.40. The minimum Gasteiger partial charge on any atom is -0.319 e. The summed E-state index contributed by atoms with van der Waals surface area (Å²) in [5.74, 6) is 5.71. The number of non-ortho nitro benzene ring substituents is 1. The van der Waals surface area contributed by atoms with E-state index in [1.807, 2.05) is 7.05 Å². The number of nitrogens with zero attached hydrogens (tertiary/aromatic N) is 1. The number of nitro groups is 1. The normalized spacial score (nSPS) is 9.24. The van der Waals surface area contributed by atoms with Crippen molar-refractivity contribution in [2.24, 2.45) is 0 Å². The number of carbonyl (C=O) groups excluding carboxylic acids is 1. The summed E-state index contributed by atoms with van der Waals surface area (Å²) >= 11 is 0. The molecule has 0 amide bonds. The lowest BCUT2D eigenvalue weighted by molar-refractivity contribution is -0.384. The molecular weight excluding hydrogens is 220 g/mol. The van der Waals surface area contributed by atoms with Crippen molar-refractivity contribution < 1.29 is 9.72 Å². The molecule has 0 radical (unpaired) electrons. The Morgan fingerprint density at radius 3 is 2.88 bits per heavy atom. The Morgan fingerprint density at radius 1 is 1.53 bits per heavy atom. The van der Waals surface area contributed by atoms with E-state index >= 15 is 0 Å². The maximum Gasteiger partial charge on any atom is 0.270 e. The summed E-state index contributed by atoms with van der Waals surface area (Å²) in [5.41, 5.74) is 0.658. The van der Waals surface area contributed by atoms with Crippen molar-refractivity contribution in [3.8, 4) is 11.8 Å². The molecule has 0 unspecified atom stereocenters. The summed E-state index contributed by atoms with van der Waals surface area (Å²) in [6, 6.07) is 4.07. The molecule has 1 aromatic rings. The molecular formula is C12H12N2O3. The van der Waals surface area contributed by atoms with E-state index in [0.29, 0.717) is 18.3 Å². The van der Waals surface area contributed by atoms with E-state index in [-0.39, 0.29) is 11.3 Å². The fourth-order valence-electron chi connectivity index (χ4n) is 1.22. The number of hydrogen-bond donors (Lipinski definition) is 1. The summed E-state index contributed by atoms with van der Waals surface area (Å²) in [6.07, 6.45) is 1.24. The highest BCUT2D eigenvalue weighted by Gasteiger charge is 2.08. The zero-order valence-corrected chi connectivity index (χ0v) is 9.40. The fraction of sp³-hybridized carbons (Fsp3) is 0.250. The van der Waals surface area contributed by atoms with Crippen molar-refractivity contribution in [3.05, 3.63) is 39.4 Å². The maximum absolute atomic E-state index is 10.8. The van der Waals surface area contributed by atoms with Crippen molar-refractivity contribution >= 4 is 12.0 Å². The second-order valence-corrected chi connectivity index (χ2v) is 3.30. The Kier molecular flexibility index (Phi) is 4.85. The summed E-state index contributed by atoms with van der Waals surface area (Å²) in [6.45, 7) is 0.760. The molecule has 88 valence electrons. The second-order valence-electron chi connectivity index (χ2n) is 3.30. The number of nitrogens with one attached hydrogen (secondary N) is 1. The molecule has 5 nitrogen and oxygen atoms in total. The van der Waals surface area contributed by atoms with Crippen LogP contribution in [0.3, 0.4) is 0 Å². The van der Waals surface area contributed by atoms with Gasteiger partial charge in [0.15, 0.2) is 6.29 Å². The first kappa shape index (κ1) is 12.9. The van der Waals surface area contributed by atoms with E-state index in [9.17, 15) is 14.9 Å². The summed E-state index contributed by atoms with van der Waals surface area (Å²) in [4.78, 5) is 20.8. The van der Waals surface area contributed by atoms with Crippen LogP contribution >= 0.6 is 0 Å². The first-order valence-corrected chi connectivity index (χ1v) is 5.06. The molecule has 0 aromatic heterocycles. The quantitative estimate of drug-likeness (QED) is 0.280. The van der Waals surface area contributed by atoms with Gasteiger partial charge < -0.3 is 5.32 Å². The van der Waals surface area contributed by atoms with E-state index in [0.717, 1.165) is 6.54 Å². The number of rotatable bonds is 4. The van der Waals surface area contributed by atoms with Crippen LogP contribution in [-0.2, 0) is 0 Å². The number of benzene rings is 1. The van der Waals surface area contributed by atoms with Crippen LogP contribution in [0.2, 0.25) is 0 Å². The third-order valence-electron chi connectivity index (χ3n) is 2.10. The van der Waals surface area contributed by atoms with Crippen LogP contribution < -0.4 is 5.32 Å². The molecule has 1 N–H and O–H groups in total. The van der Waals surface area contributed by atoms with E-state index in [1.165, 1.54) is 18.2 Å². The molecule has 0 saturated heterocycles. The number of carbonyl (C=O) groups is 1. The van der Waals surface area contributed by atoms with Gasteiger partial charge in [0.1, 0.15) is 0 Å². The van der Waals surface area contributed by atoms with Gasteiger partial charge in [0.05, 0.1) is 4.92 Å². The topological polar surface area (TPSA) is 72.2 Å². The highest BCUT2D eigenvalue weighted by atomic mass is 16.6. The molecule has 0 spiro atoms. The maximum atomic E-state index is 10.8. The first-order chi connectivity index (χ1) is 8.19. The fourth-order valence-corrected chi connectivity index (χ4v) is 1.22. The predicted octanol–water partition coefficient (Wildman–Crippen LogP) is 1.37. The average Bonchev–Trinajstić information content (AvgIpc) is 2.34. The van der Waals surface area contributed by atoms with Gasteiger partial charge in [-0.25, -0.2) is 0 Å². The van der Waals surface area contributed by atoms with Gasteiger partial charge in [0.25, 0.3) is 5.69 Å². The van der Waals surface area contributed by atoms with E-state index < -0.39 is 4.92 Å². The van der Waals surface area contributed by atoms with Gasteiger partial charge in [-0.15, -0.1) is 0 Å². The molecule has 0 heterocycles. The molecule has 0 saturated carbocycles. The lowest BCUT2D eigenvalue weighted by Gasteiger charge is -1.96. The highest BCUT2D eigenvalue weighted by molar-refractivity contribution is 5.80. The van der Waals surface area contributed by atoms with Gasteiger partial charge in [-0.1, -0.05) is 11.8 Å². The van der Waals surface area contributed by atoms with Crippen molar-refractivity contribution in [1.29, 1.82) is 0 Å². The van der Waals surface area contributed by atoms with Crippen molar-refractivity contribution in [3.63, 3.8) is 0 Å². The van der Waals surface area contributed by atoms with Crippen molar-refractivity contribution in [1.82, 2.24) is 5.32 Å². The molecule has 0 bridgehead atoms. The molecule has 0 aliphatic heterocycles. The minimum absolute atomic E-state index is 0.104. The minimum atomic E-state index is -0.536. The van der Waals surface area contributed by atoms with Gasteiger partial charge in [0.2, 0.25) is 0 Å². The van der Waals surface area contributed by atoms with Crippen LogP contribution in [0, 0.1) is 22.0 Å². The Balaban J connectivity index is 2.95. The number of hydrogen-bond acceptors (Lipinski definition) is 4. The van der Waals surface area contributed by atoms with Crippen molar-refractivity contribution in [2.75, 3.05) is 13.6 Å². The smallest absolute Gasteiger partial charge is 0.270 e. The SMILES string of the molecule is CNCCC#Cc1ccc([N+](=O)[O-])cc1C=O. The Labute approximate surface area is 99.0 Å². The molecule has 5 heteroatoms. The van der Waals surface area contributed by atoms with Gasteiger partial charge >= 0.3 is 0 Å². The van der Waals surface area contributed by atoms with Gasteiger partial charge in [0, 0.05) is 36.2 Å². The van der Waals surface area contributed by atoms with Crippen LogP contribution in [0.4, 0.5) is 5.69 Å². The van der Waals surface area contributed by atoms with Crippen molar-refractivity contribution in [2.45, 2.75) is 6.42 Å². The summed E-state index contributed by atoms with van der Waals surface area (Å²) in [5, 5.41) is 13.5. The number of nitro benzene ring substituents is 1. The average molecular weight is 232 g/mol. The van der Waals surface area contributed by atoms with Crippen LogP contribution in [0.5, 0.6) is 0 Å². The lowest BCUT2D eigenvalue weighted by atomic mass is 10.1. The third-order valence-corrected chi connectivity index (χ3v) is 2.10. The Bertz CT molecular complexity index is 486. The summed E-state index contributed by atoms with van der Waals surface area (Å²) < 4.78 is 0. The van der Waals surface area contributed by atoms with E-state index in [4.69, 9.17) is 0 Å². The van der Waals surface area contributed by atoms with Gasteiger partial charge in [-0.2, -0.15) is 0 Å². The standard InChI is InChI=1S/C12H12N2O3/c1-13-7-3-2-4-10-5-6-12(14(16)17)8-11(10)9-15/h5-6,8-9,13H,3,7H2,1H3. The summed E-state index contributed by atoms with van der Waals surface area (Å²) in [7, 11) is 1.82. The van der Waals surface area contributed by atoms with Crippen LogP contribution in [0.25, 0.3) is 0 Å². The van der Waals surface area contributed by atoms with Crippen LogP contribution in [0.15, 0.2) is 18.2 Å². The molecule has 1 rings (SSSR count). The highest BCUT2D eigenvalue weighted by Crippen LogP contribution is 2.15. The molecule has 1 aromatic carbocycles. The molecule has 0 aliphatic carbocycles. The number of aldehydes is 1. The third kappa shape index (κ3) is 3.70. The first-order valence-electron chi connectivity index (χ1n) is 5.06. The zero-order chi connectivity index (χ0) is 12.7. The molecule has 17 heavy (non-hydrogen) atoms. The largest absolute Gasteiger partial charge is 0.319 e. The van der Waals surface area contributed by atoms with Gasteiger partial charge in [-0.05, 0) is 13.1 Å². The van der Waals surface area contributed by atoms with Gasteiger partial charge in [-0.3, -0.25) is 14.9 Å². The molecule has 0 atom stereocenters.